The molecule has 0 bridgehead atoms. The van der Waals surface area contributed by atoms with Crippen LogP contribution in [-0.2, 0) is 19.6 Å². The monoisotopic (exact) mass is 500 g/mol. The summed E-state index contributed by atoms with van der Waals surface area (Å²) in [4.78, 5) is 26.7. The molecule has 0 saturated heterocycles. The Morgan fingerprint density at radius 3 is 1.88 bits per heavy atom. The first-order valence-electron chi connectivity index (χ1n) is 11.2. The minimum Gasteiger partial charge on any atom is -0.344 e. The molecule has 0 radical (unpaired) electrons. The normalized spacial score (nSPS) is 19.3. The predicted octanol–water partition coefficient (Wildman–Crippen LogP) is 4.50. The first-order valence-corrected chi connectivity index (χ1v) is 12.0. The molecule has 2 aliphatic heterocycles. The van der Waals surface area contributed by atoms with Gasteiger partial charge in [-0.2, -0.15) is 0 Å². The highest BCUT2D eigenvalue weighted by atomic mass is 79.9. The van der Waals surface area contributed by atoms with E-state index < -0.39 is 0 Å². The third kappa shape index (κ3) is 3.49. The number of carbonyl (C=O) groups excluding carboxylic acids is 2. The lowest BCUT2D eigenvalue weighted by molar-refractivity contribution is -0.688. The van der Waals surface area contributed by atoms with Gasteiger partial charge in [0.25, 0.3) is 0 Å². The maximum Gasteiger partial charge on any atom is 0.184 e. The number of halogens is 1. The molecule has 164 valence electrons. The fourth-order valence-electron chi connectivity index (χ4n) is 5.46. The largest absolute Gasteiger partial charge is 0.344 e. The molecule has 33 heavy (non-hydrogen) atoms. The van der Waals surface area contributed by atoms with Crippen molar-refractivity contribution in [3.05, 3.63) is 112 Å². The van der Waals surface area contributed by atoms with E-state index in [4.69, 9.17) is 0 Å². The van der Waals surface area contributed by atoms with Crippen molar-refractivity contribution >= 4 is 27.5 Å². The molecular formula is C27H23BrN3O2+. The van der Waals surface area contributed by atoms with E-state index in [1.807, 2.05) is 57.9 Å². The Morgan fingerprint density at radius 2 is 1.36 bits per heavy atom. The van der Waals surface area contributed by atoms with Crippen LogP contribution in [0.4, 0.5) is 0 Å². The Labute approximate surface area is 200 Å². The highest BCUT2D eigenvalue weighted by Gasteiger charge is 2.46. The highest BCUT2D eigenvalue weighted by molar-refractivity contribution is 9.10. The summed E-state index contributed by atoms with van der Waals surface area (Å²) in [5.74, 6) is -0.349. The third-order valence-corrected chi connectivity index (χ3v) is 7.60. The van der Waals surface area contributed by atoms with Crippen molar-refractivity contribution < 1.29 is 14.2 Å². The number of nitrogens with zero attached hydrogens (tertiary/aromatic N) is 3. The quantitative estimate of drug-likeness (QED) is 0.379. The summed E-state index contributed by atoms with van der Waals surface area (Å²) in [5, 5.41) is 0. The van der Waals surface area contributed by atoms with Crippen LogP contribution in [-0.4, -0.2) is 20.7 Å². The van der Waals surface area contributed by atoms with Crippen LogP contribution in [0.2, 0.25) is 0 Å². The summed E-state index contributed by atoms with van der Waals surface area (Å²) >= 11 is 3.48. The fraction of sp³-hybridized carbons (Fsp3) is 0.222. The van der Waals surface area contributed by atoms with Crippen LogP contribution < -0.4 is 4.57 Å². The van der Waals surface area contributed by atoms with E-state index in [1.54, 1.807) is 0 Å². The summed E-state index contributed by atoms with van der Waals surface area (Å²) in [6.45, 7) is 2.01. The number of hydrogen-bond donors (Lipinski definition) is 0. The van der Waals surface area contributed by atoms with Crippen LogP contribution in [0.25, 0.3) is 0 Å². The zero-order chi connectivity index (χ0) is 22.5. The van der Waals surface area contributed by atoms with Gasteiger partial charge in [-0.15, -0.1) is 0 Å². The summed E-state index contributed by atoms with van der Waals surface area (Å²) in [5.41, 5.74) is 3.76. The second-order valence-corrected chi connectivity index (χ2v) is 9.90. The van der Waals surface area contributed by atoms with E-state index in [2.05, 4.69) is 57.2 Å². The van der Waals surface area contributed by atoms with E-state index in [0.717, 1.165) is 28.0 Å². The molecule has 0 spiro atoms. The maximum absolute atomic E-state index is 13.3. The number of ketones is 2. The Morgan fingerprint density at radius 1 is 0.818 bits per heavy atom. The van der Waals surface area contributed by atoms with Gasteiger partial charge in [0.2, 0.25) is 0 Å². The summed E-state index contributed by atoms with van der Waals surface area (Å²) in [6.07, 6.45) is 8.04. The van der Waals surface area contributed by atoms with Gasteiger partial charge < -0.3 is 9.13 Å². The summed E-state index contributed by atoms with van der Waals surface area (Å²) in [6, 6.07) is 20.1. The fourth-order valence-corrected chi connectivity index (χ4v) is 5.72. The molecule has 2 atom stereocenters. The van der Waals surface area contributed by atoms with Gasteiger partial charge in [-0.1, -0.05) is 28.1 Å². The number of carbonyl (C=O) groups is 2. The molecule has 2 aliphatic rings. The van der Waals surface area contributed by atoms with Crippen LogP contribution in [0, 0.1) is 11.8 Å². The molecule has 6 heteroatoms. The molecule has 6 rings (SSSR count). The molecule has 4 aromatic rings. The van der Waals surface area contributed by atoms with Crippen LogP contribution in [0.1, 0.15) is 38.0 Å². The van der Waals surface area contributed by atoms with Crippen LogP contribution in [0.3, 0.4) is 0 Å². The smallest absolute Gasteiger partial charge is 0.184 e. The van der Waals surface area contributed by atoms with Gasteiger partial charge in [0.15, 0.2) is 30.5 Å². The van der Waals surface area contributed by atoms with E-state index in [-0.39, 0.29) is 29.3 Å². The van der Waals surface area contributed by atoms with E-state index in [9.17, 15) is 9.59 Å². The standard InChI is InChI=1S/C27H23BrN3O2/c28-20-7-5-18(6-8-20)15-29-13-9-19(10-14-29)25(21-16-30-11-1-3-23(30)26(21)32)22-17-31-12-2-4-24(31)27(22)33/h1-14,21-22,25H,15-17H2/q+1/t21-,22-/m0/s1. The Kier molecular flexibility index (Phi) is 4.91. The minimum atomic E-state index is -0.234. The van der Waals surface area contributed by atoms with Crippen molar-refractivity contribution in [2.24, 2.45) is 11.8 Å². The number of pyridine rings is 1. The zero-order valence-electron chi connectivity index (χ0n) is 18.0. The van der Waals surface area contributed by atoms with Gasteiger partial charge in [0.05, 0.1) is 11.4 Å². The Hall–Kier alpha value is -3.25. The number of hydrogen-bond acceptors (Lipinski definition) is 2. The van der Waals surface area contributed by atoms with Gasteiger partial charge in [0, 0.05) is 65.4 Å². The summed E-state index contributed by atoms with van der Waals surface area (Å²) in [7, 11) is 0. The molecule has 0 aliphatic carbocycles. The third-order valence-electron chi connectivity index (χ3n) is 7.07. The van der Waals surface area contributed by atoms with Crippen molar-refractivity contribution in [1.82, 2.24) is 9.13 Å². The molecule has 0 unspecified atom stereocenters. The topological polar surface area (TPSA) is 47.9 Å². The van der Waals surface area contributed by atoms with Gasteiger partial charge in [0.1, 0.15) is 0 Å². The van der Waals surface area contributed by atoms with Gasteiger partial charge >= 0.3 is 0 Å². The molecule has 0 fully saturated rings. The number of rotatable bonds is 5. The van der Waals surface area contributed by atoms with E-state index in [1.165, 1.54) is 5.56 Å². The van der Waals surface area contributed by atoms with Crippen molar-refractivity contribution in [1.29, 1.82) is 0 Å². The Balaban J connectivity index is 1.33. The molecule has 3 aromatic heterocycles. The number of aromatic nitrogens is 3. The Bertz CT molecular complexity index is 1290. The van der Waals surface area contributed by atoms with Gasteiger partial charge in [-0.05, 0) is 42.0 Å². The number of Topliss-reactive ketones (excluding diaryl/α,β-unsaturated/α-hetero) is 2. The van der Waals surface area contributed by atoms with Crippen LogP contribution >= 0.6 is 15.9 Å². The van der Waals surface area contributed by atoms with E-state index >= 15 is 0 Å². The average Bonchev–Trinajstić information content (AvgIpc) is 3.58. The van der Waals surface area contributed by atoms with Crippen molar-refractivity contribution in [3.63, 3.8) is 0 Å². The molecular weight excluding hydrogens is 478 g/mol. The van der Waals surface area contributed by atoms with Crippen LogP contribution in [0.15, 0.2) is 89.9 Å². The lowest BCUT2D eigenvalue weighted by Crippen LogP contribution is -2.35. The lowest BCUT2D eigenvalue weighted by Gasteiger charge is -2.27. The van der Waals surface area contributed by atoms with Gasteiger partial charge in [-0.3, -0.25) is 9.59 Å². The summed E-state index contributed by atoms with van der Waals surface area (Å²) < 4.78 is 7.24. The minimum absolute atomic E-state index is 0.140. The maximum atomic E-state index is 13.3. The number of fused-ring (bicyclic) bond motifs is 2. The molecule has 0 N–H and O–H groups in total. The van der Waals surface area contributed by atoms with Gasteiger partial charge in [-0.25, -0.2) is 4.57 Å². The molecule has 1 aromatic carbocycles. The average molecular weight is 501 g/mol. The molecule has 0 amide bonds. The SMILES string of the molecule is O=C1c2cccn2C[C@H]1C(c1cc[n+](Cc2ccc(Br)cc2)cc1)[C@@H]1Cn2cccc2C1=O. The molecule has 5 heterocycles. The van der Waals surface area contributed by atoms with E-state index in [0.29, 0.717) is 13.1 Å². The highest BCUT2D eigenvalue weighted by Crippen LogP contribution is 2.42. The second-order valence-electron chi connectivity index (χ2n) is 8.99. The van der Waals surface area contributed by atoms with Crippen molar-refractivity contribution in [2.45, 2.75) is 25.6 Å². The van der Waals surface area contributed by atoms with Crippen LogP contribution in [0.5, 0.6) is 0 Å². The second kappa shape index (κ2) is 7.96. The van der Waals surface area contributed by atoms with Crippen molar-refractivity contribution in [3.8, 4) is 0 Å². The number of benzene rings is 1. The predicted molar refractivity (Wildman–Crippen MR) is 127 cm³/mol. The first-order chi connectivity index (χ1) is 16.1. The lowest BCUT2D eigenvalue weighted by atomic mass is 9.74. The first kappa shape index (κ1) is 20.4. The zero-order valence-corrected chi connectivity index (χ0v) is 19.6. The molecule has 5 nitrogen and oxygen atoms in total. The molecule has 0 saturated carbocycles. The van der Waals surface area contributed by atoms with Crippen molar-refractivity contribution in [2.75, 3.05) is 0 Å².